The van der Waals surface area contributed by atoms with Crippen LogP contribution in [0.1, 0.15) is 11.7 Å². The van der Waals surface area contributed by atoms with Crippen molar-refractivity contribution >= 4 is 5.69 Å². The topological polar surface area (TPSA) is 45.4 Å². The molecule has 0 N–H and O–H groups in total. The predicted octanol–water partition coefficient (Wildman–Crippen LogP) is 1.70. The summed E-state index contributed by atoms with van der Waals surface area (Å²) in [6.07, 6.45) is 0. The first kappa shape index (κ1) is 12.2. The lowest BCUT2D eigenvalue weighted by Crippen LogP contribution is -2.46. The highest BCUT2D eigenvalue weighted by molar-refractivity contribution is 5.46. The van der Waals surface area contributed by atoms with E-state index < -0.39 is 0 Å². The number of aryl methyl sites for hydroxylation is 1. The minimum absolute atomic E-state index is 0.706. The minimum Gasteiger partial charge on any atom is -0.369 e. The van der Waals surface area contributed by atoms with E-state index in [1.54, 1.807) is 0 Å². The molecule has 0 radical (unpaired) electrons. The smallest absolute Gasteiger partial charge is 0.240 e. The number of benzene rings is 1. The van der Waals surface area contributed by atoms with Gasteiger partial charge >= 0.3 is 0 Å². The molecule has 0 spiro atoms. The van der Waals surface area contributed by atoms with Crippen molar-refractivity contribution in [1.29, 1.82) is 0 Å². The highest BCUT2D eigenvalue weighted by Crippen LogP contribution is 2.16. The third kappa shape index (κ3) is 2.93. The van der Waals surface area contributed by atoms with Crippen LogP contribution in [0.25, 0.3) is 0 Å². The number of piperazine rings is 1. The molecule has 5 heteroatoms. The van der Waals surface area contributed by atoms with E-state index >= 15 is 0 Å². The molecule has 0 bridgehead atoms. The van der Waals surface area contributed by atoms with Crippen LogP contribution in [0.15, 0.2) is 34.9 Å². The molecule has 0 atom stereocenters. The summed E-state index contributed by atoms with van der Waals surface area (Å²) in [5.41, 5.74) is 1.30. The van der Waals surface area contributed by atoms with Crippen LogP contribution in [0.4, 0.5) is 5.69 Å². The fourth-order valence-electron chi connectivity index (χ4n) is 2.40. The molecule has 2 heterocycles. The summed E-state index contributed by atoms with van der Waals surface area (Å²) in [4.78, 5) is 9.01. The van der Waals surface area contributed by atoms with Crippen molar-refractivity contribution in [3.8, 4) is 0 Å². The molecular formula is C14H18N4O. The first-order chi connectivity index (χ1) is 9.31. The number of para-hydroxylation sites is 1. The first-order valence-electron chi connectivity index (χ1n) is 6.63. The monoisotopic (exact) mass is 258 g/mol. The lowest BCUT2D eigenvalue weighted by Gasteiger charge is -2.35. The second-order valence-corrected chi connectivity index (χ2v) is 4.83. The number of hydrogen-bond donors (Lipinski definition) is 0. The van der Waals surface area contributed by atoms with Gasteiger partial charge in [0, 0.05) is 31.9 Å². The second kappa shape index (κ2) is 5.40. The highest BCUT2D eigenvalue weighted by atomic mass is 16.5. The zero-order valence-corrected chi connectivity index (χ0v) is 11.1. The van der Waals surface area contributed by atoms with E-state index in [1.165, 1.54) is 5.69 Å². The number of nitrogens with zero attached hydrogens (tertiary/aromatic N) is 4. The van der Waals surface area contributed by atoms with Gasteiger partial charge in [-0.1, -0.05) is 23.4 Å². The molecular weight excluding hydrogens is 240 g/mol. The van der Waals surface area contributed by atoms with Crippen molar-refractivity contribution in [1.82, 2.24) is 15.0 Å². The van der Waals surface area contributed by atoms with E-state index in [0.717, 1.165) is 32.7 Å². The standard InChI is InChI=1S/C14H18N4O/c1-12-15-14(19-16-12)11-17-7-9-18(10-8-17)13-5-3-2-4-6-13/h2-6H,7-11H2,1H3. The van der Waals surface area contributed by atoms with Crippen LogP contribution in [0.2, 0.25) is 0 Å². The van der Waals surface area contributed by atoms with Crippen molar-refractivity contribution in [2.45, 2.75) is 13.5 Å². The molecule has 1 aliphatic heterocycles. The van der Waals surface area contributed by atoms with Crippen LogP contribution in [0.5, 0.6) is 0 Å². The molecule has 0 saturated carbocycles. The van der Waals surface area contributed by atoms with E-state index in [9.17, 15) is 0 Å². The molecule has 19 heavy (non-hydrogen) atoms. The Morgan fingerprint density at radius 2 is 1.84 bits per heavy atom. The Labute approximate surface area is 112 Å². The van der Waals surface area contributed by atoms with E-state index in [0.29, 0.717) is 11.7 Å². The zero-order valence-electron chi connectivity index (χ0n) is 11.1. The summed E-state index contributed by atoms with van der Waals surface area (Å²) in [6, 6.07) is 10.6. The summed E-state index contributed by atoms with van der Waals surface area (Å²) in [5, 5.41) is 3.82. The molecule has 1 saturated heterocycles. The summed E-state index contributed by atoms with van der Waals surface area (Å²) >= 11 is 0. The molecule has 0 unspecified atom stereocenters. The molecule has 1 aliphatic rings. The molecule has 2 aromatic rings. The maximum Gasteiger partial charge on any atom is 0.240 e. The van der Waals surface area contributed by atoms with Gasteiger partial charge in [0.15, 0.2) is 5.82 Å². The Bertz CT molecular complexity index is 517. The Morgan fingerprint density at radius 3 is 2.47 bits per heavy atom. The zero-order chi connectivity index (χ0) is 13.1. The number of hydrogen-bond acceptors (Lipinski definition) is 5. The Morgan fingerprint density at radius 1 is 1.11 bits per heavy atom. The van der Waals surface area contributed by atoms with Gasteiger partial charge in [0.25, 0.3) is 0 Å². The van der Waals surface area contributed by atoms with Crippen LogP contribution in [0.3, 0.4) is 0 Å². The van der Waals surface area contributed by atoms with Crippen LogP contribution in [-0.4, -0.2) is 41.2 Å². The van der Waals surface area contributed by atoms with Crippen molar-refractivity contribution in [3.63, 3.8) is 0 Å². The van der Waals surface area contributed by atoms with Gasteiger partial charge < -0.3 is 9.42 Å². The van der Waals surface area contributed by atoms with Crippen molar-refractivity contribution < 1.29 is 4.52 Å². The molecule has 0 amide bonds. The summed E-state index contributed by atoms with van der Waals surface area (Å²) in [6.45, 7) is 6.73. The normalized spacial score (nSPS) is 16.8. The van der Waals surface area contributed by atoms with Crippen molar-refractivity contribution in [2.75, 3.05) is 31.1 Å². The second-order valence-electron chi connectivity index (χ2n) is 4.83. The van der Waals surface area contributed by atoms with E-state index in [-0.39, 0.29) is 0 Å². The van der Waals surface area contributed by atoms with E-state index in [1.807, 2.05) is 6.92 Å². The van der Waals surface area contributed by atoms with Gasteiger partial charge in [-0.25, -0.2) is 0 Å². The Kier molecular flexibility index (Phi) is 3.46. The average Bonchev–Trinajstić information content (AvgIpc) is 2.86. The average molecular weight is 258 g/mol. The van der Waals surface area contributed by atoms with Crippen LogP contribution in [0, 0.1) is 6.92 Å². The Balaban J connectivity index is 1.55. The molecule has 1 aromatic carbocycles. The predicted molar refractivity (Wildman–Crippen MR) is 73.0 cm³/mol. The molecule has 5 nitrogen and oxygen atoms in total. The van der Waals surface area contributed by atoms with Crippen LogP contribution >= 0.6 is 0 Å². The molecule has 100 valence electrons. The first-order valence-corrected chi connectivity index (χ1v) is 6.63. The number of aromatic nitrogens is 2. The molecule has 1 aromatic heterocycles. The maximum absolute atomic E-state index is 5.16. The van der Waals surface area contributed by atoms with Crippen LogP contribution < -0.4 is 4.90 Å². The van der Waals surface area contributed by atoms with Gasteiger partial charge in [-0.2, -0.15) is 4.98 Å². The summed E-state index contributed by atoms with van der Waals surface area (Å²) < 4.78 is 5.16. The fourth-order valence-corrected chi connectivity index (χ4v) is 2.40. The van der Waals surface area contributed by atoms with Crippen molar-refractivity contribution in [3.05, 3.63) is 42.0 Å². The van der Waals surface area contributed by atoms with Gasteiger partial charge in [-0.05, 0) is 19.1 Å². The number of rotatable bonds is 3. The van der Waals surface area contributed by atoms with E-state index in [4.69, 9.17) is 4.52 Å². The number of anilines is 1. The lowest BCUT2D eigenvalue weighted by atomic mass is 10.2. The summed E-state index contributed by atoms with van der Waals surface area (Å²) in [7, 11) is 0. The Hall–Kier alpha value is -1.88. The fraction of sp³-hybridized carbons (Fsp3) is 0.429. The van der Waals surface area contributed by atoms with Gasteiger partial charge in [0.1, 0.15) is 0 Å². The third-order valence-electron chi connectivity index (χ3n) is 3.42. The molecule has 3 rings (SSSR count). The molecule has 1 fully saturated rings. The van der Waals surface area contributed by atoms with Gasteiger partial charge in [0.2, 0.25) is 5.89 Å². The maximum atomic E-state index is 5.16. The van der Waals surface area contributed by atoms with Crippen LogP contribution in [-0.2, 0) is 6.54 Å². The lowest BCUT2D eigenvalue weighted by molar-refractivity contribution is 0.215. The summed E-state index contributed by atoms with van der Waals surface area (Å²) in [5.74, 6) is 1.42. The quantitative estimate of drug-likeness (QED) is 0.838. The van der Waals surface area contributed by atoms with Gasteiger partial charge in [-0.3, -0.25) is 4.90 Å². The molecule has 0 aliphatic carbocycles. The largest absolute Gasteiger partial charge is 0.369 e. The SMILES string of the molecule is Cc1noc(CN2CCN(c3ccccc3)CC2)n1. The van der Waals surface area contributed by atoms with Crippen molar-refractivity contribution in [2.24, 2.45) is 0 Å². The van der Waals surface area contributed by atoms with Gasteiger partial charge in [-0.15, -0.1) is 0 Å². The highest BCUT2D eigenvalue weighted by Gasteiger charge is 2.18. The van der Waals surface area contributed by atoms with Gasteiger partial charge in [0.05, 0.1) is 6.54 Å². The minimum atomic E-state index is 0.706. The van der Waals surface area contributed by atoms with E-state index in [2.05, 4.69) is 50.3 Å². The third-order valence-corrected chi connectivity index (χ3v) is 3.42.